The van der Waals surface area contributed by atoms with Gasteiger partial charge in [0.1, 0.15) is 0 Å². The fourth-order valence-electron chi connectivity index (χ4n) is 7.64. The van der Waals surface area contributed by atoms with Gasteiger partial charge in [0.05, 0.1) is 0 Å². The Morgan fingerprint density at radius 2 is 0.688 bits per heavy atom. The molecule has 48 heavy (non-hydrogen) atoms. The summed E-state index contributed by atoms with van der Waals surface area (Å²) >= 11 is 3.75. The van der Waals surface area contributed by atoms with E-state index in [0.717, 1.165) is 0 Å². The number of benzene rings is 8. The first-order chi connectivity index (χ1) is 23.4. The quantitative estimate of drug-likeness (QED) is 0.164. The van der Waals surface area contributed by atoms with Gasteiger partial charge in [0.2, 0.25) is 0 Å². The van der Waals surface area contributed by atoms with Crippen molar-refractivity contribution in [1.82, 2.24) is 0 Å². The second kappa shape index (κ2) is 10.2. The van der Waals surface area contributed by atoms with Gasteiger partial charge in [0.15, 0.2) is 0 Å². The summed E-state index contributed by atoms with van der Waals surface area (Å²) < 4.78 is 5.37. The smallest absolute Gasteiger partial charge is 0.0355 e. The summed E-state index contributed by atoms with van der Waals surface area (Å²) in [4.78, 5) is 0. The predicted molar refractivity (Wildman–Crippen MR) is 214 cm³/mol. The van der Waals surface area contributed by atoms with E-state index in [1.807, 2.05) is 22.7 Å². The van der Waals surface area contributed by atoms with Crippen molar-refractivity contribution in [2.75, 3.05) is 0 Å². The molecule has 10 rings (SSSR count). The molecule has 8 aromatic carbocycles. The summed E-state index contributed by atoms with van der Waals surface area (Å²) in [5, 5.41) is 13.2. The van der Waals surface area contributed by atoms with Gasteiger partial charge in [-0.2, -0.15) is 0 Å². The highest BCUT2D eigenvalue weighted by atomic mass is 32.1. The lowest BCUT2D eigenvalue weighted by molar-refractivity contribution is 0.591. The first-order valence-electron chi connectivity index (χ1n) is 16.7. The van der Waals surface area contributed by atoms with Crippen LogP contribution >= 0.6 is 22.7 Å². The van der Waals surface area contributed by atoms with Gasteiger partial charge >= 0.3 is 0 Å². The zero-order chi connectivity index (χ0) is 32.1. The van der Waals surface area contributed by atoms with Gasteiger partial charge in [-0.25, -0.2) is 0 Å². The maximum absolute atomic E-state index is 2.45. The Balaban J connectivity index is 1.20. The molecule has 0 aliphatic heterocycles. The van der Waals surface area contributed by atoms with Crippen LogP contribution in [0.3, 0.4) is 0 Å². The van der Waals surface area contributed by atoms with Crippen LogP contribution in [-0.2, 0) is 5.41 Å². The van der Waals surface area contributed by atoms with E-state index < -0.39 is 0 Å². The lowest BCUT2D eigenvalue weighted by Crippen LogP contribution is -2.10. The third-order valence-electron chi connectivity index (χ3n) is 10.2. The van der Waals surface area contributed by atoms with E-state index in [9.17, 15) is 0 Å². The lowest BCUT2D eigenvalue weighted by atomic mass is 9.83. The minimum atomic E-state index is 0.0543. The van der Waals surface area contributed by atoms with Crippen molar-refractivity contribution >= 4 is 95.3 Å². The molecule has 0 fully saturated rings. The highest BCUT2D eigenvalue weighted by Crippen LogP contribution is 2.43. The van der Waals surface area contributed by atoms with Gasteiger partial charge in [-0.15, -0.1) is 22.7 Å². The number of hydrogen-bond donors (Lipinski definition) is 0. The van der Waals surface area contributed by atoms with Gasteiger partial charge in [-0.3, -0.25) is 0 Å². The molecule has 2 aromatic heterocycles. The average Bonchev–Trinajstić information content (AvgIpc) is 3.68. The monoisotopic (exact) mass is 648 g/mol. The number of hydrogen-bond acceptors (Lipinski definition) is 2. The van der Waals surface area contributed by atoms with Gasteiger partial charge in [0.25, 0.3) is 0 Å². The minimum Gasteiger partial charge on any atom is -0.135 e. The molecule has 0 radical (unpaired) electrons. The van der Waals surface area contributed by atoms with Crippen LogP contribution in [-0.4, -0.2) is 0 Å². The van der Waals surface area contributed by atoms with E-state index in [2.05, 4.69) is 160 Å². The molecule has 2 heteroatoms. The van der Waals surface area contributed by atoms with Crippen molar-refractivity contribution in [2.24, 2.45) is 0 Å². The molecule has 0 N–H and O–H groups in total. The molecular formula is C46H32S2. The van der Waals surface area contributed by atoms with Gasteiger partial charge in [0, 0.05) is 40.3 Å². The van der Waals surface area contributed by atoms with Crippen LogP contribution in [0.1, 0.15) is 26.3 Å². The maximum Gasteiger partial charge on any atom is 0.0355 e. The molecule has 228 valence electrons. The van der Waals surface area contributed by atoms with Crippen molar-refractivity contribution in [3.8, 4) is 22.3 Å². The van der Waals surface area contributed by atoms with Crippen LogP contribution in [0.2, 0.25) is 0 Å². The van der Waals surface area contributed by atoms with Crippen LogP contribution in [0.25, 0.3) is 94.9 Å². The Kier molecular flexibility index (Phi) is 5.98. The molecule has 0 atom stereocenters. The second-order valence-electron chi connectivity index (χ2n) is 14.1. The van der Waals surface area contributed by atoms with Crippen molar-refractivity contribution in [3.63, 3.8) is 0 Å². The van der Waals surface area contributed by atoms with Gasteiger partial charge in [-0.1, -0.05) is 106 Å². The fraction of sp³-hybridized carbons (Fsp3) is 0.0870. The van der Waals surface area contributed by atoms with E-state index in [1.54, 1.807) is 0 Å². The zero-order valence-electron chi connectivity index (χ0n) is 27.1. The fourth-order valence-corrected chi connectivity index (χ4v) is 9.82. The first-order valence-corrected chi connectivity index (χ1v) is 18.3. The Bertz CT molecular complexity index is 2930. The zero-order valence-corrected chi connectivity index (χ0v) is 28.7. The first kappa shape index (κ1) is 28.0. The Morgan fingerprint density at radius 3 is 1.21 bits per heavy atom. The van der Waals surface area contributed by atoms with E-state index >= 15 is 0 Å². The topological polar surface area (TPSA) is 0 Å². The van der Waals surface area contributed by atoms with Crippen LogP contribution in [0, 0.1) is 0 Å². The Morgan fingerprint density at radius 1 is 0.312 bits per heavy atom. The summed E-state index contributed by atoms with van der Waals surface area (Å²) in [5.41, 5.74) is 6.46. The van der Waals surface area contributed by atoms with Crippen LogP contribution < -0.4 is 0 Å². The summed E-state index contributed by atoms with van der Waals surface area (Å²) in [7, 11) is 0. The van der Waals surface area contributed by atoms with Crippen molar-refractivity contribution < 1.29 is 0 Å². The summed E-state index contributed by atoms with van der Waals surface area (Å²) in [6.07, 6.45) is 0. The third-order valence-corrected chi connectivity index (χ3v) is 12.5. The molecule has 0 saturated carbocycles. The highest BCUT2D eigenvalue weighted by molar-refractivity contribution is 7.26. The molecule has 0 aliphatic rings. The Hall–Kier alpha value is -5.02. The van der Waals surface area contributed by atoms with E-state index in [0.29, 0.717) is 0 Å². The van der Waals surface area contributed by atoms with E-state index in [4.69, 9.17) is 0 Å². The molecule has 0 amide bonds. The van der Waals surface area contributed by atoms with Gasteiger partial charge in [-0.05, 0) is 120 Å². The SMILES string of the molecule is CC(C)(C)c1ccc2c3cc(-c4ccc5sc6ccccc6c5c4)ccc3c3ccc(-c4ccc5sc6ccccc6c5c4)cc3c2c1. The normalized spacial score (nSPS) is 12.5. The van der Waals surface area contributed by atoms with Crippen molar-refractivity contribution in [2.45, 2.75) is 26.2 Å². The van der Waals surface area contributed by atoms with Crippen LogP contribution in [0.4, 0.5) is 0 Å². The third kappa shape index (κ3) is 4.26. The number of fused-ring (bicyclic) bond motifs is 12. The van der Waals surface area contributed by atoms with E-state index in [1.165, 1.54) is 100 Å². The Labute approximate surface area is 287 Å². The standard InChI is InChI=1S/C46H32S2/c1-46(2,3)31-16-19-34-37-22-27(29-14-20-44-40(24-29)35-8-4-6-10-42(35)47-44)12-17-32(37)33-18-13-28(23-38(33)39(34)26-31)30-15-21-45-41(25-30)36-9-5-7-11-43(36)48-45/h4-26H,1-3H3. The van der Waals surface area contributed by atoms with E-state index in [-0.39, 0.29) is 5.41 Å². The number of thiophene rings is 2. The minimum absolute atomic E-state index is 0.0543. The lowest BCUT2D eigenvalue weighted by Gasteiger charge is -2.21. The molecule has 0 nitrogen and oxygen atoms in total. The molecule has 10 aromatic rings. The second-order valence-corrected chi connectivity index (χ2v) is 16.3. The van der Waals surface area contributed by atoms with Crippen LogP contribution in [0.15, 0.2) is 140 Å². The largest absolute Gasteiger partial charge is 0.135 e. The van der Waals surface area contributed by atoms with Crippen molar-refractivity contribution in [1.29, 1.82) is 0 Å². The average molecular weight is 649 g/mol. The maximum atomic E-state index is 2.45. The molecule has 0 unspecified atom stereocenters. The highest BCUT2D eigenvalue weighted by Gasteiger charge is 2.18. The van der Waals surface area contributed by atoms with Crippen molar-refractivity contribution in [3.05, 3.63) is 145 Å². The molecule has 0 saturated heterocycles. The molecule has 2 heterocycles. The molecule has 0 bridgehead atoms. The molecule has 0 aliphatic carbocycles. The summed E-state index contributed by atoms with van der Waals surface area (Å²) in [5.74, 6) is 0. The number of rotatable bonds is 2. The van der Waals surface area contributed by atoms with Gasteiger partial charge < -0.3 is 0 Å². The molecule has 0 spiro atoms. The molecular weight excluding hydrogens is 617 g/mol. The summed E-state index contributed by atoms with van der Waals surface area (Å²) in [6, 6.07) is 52.8. The predicted octanol–water partition coefficient (Wildman–Crippen LogP) is 14.5. The summed E-state index contributed by atoms with van der Waals surface area (Å²) in [6.45, 7) is 6.93. The van der Waals surface area contributed by atoms with Crippen LogP contribution in [0.5, 0.6) is 0 Å².